The maximum absolute atomic E-state index is 5.25. The van der Waals surface area contributed by atoms with E-state index in [-0.39, 0.29) is 0 Å². The van der Waals surface area contributed by atoms with Gasteiger partial charge in [-0.25, -0.2) is 0 Å². The summed E-state index contributed by atoms with van der Waals surface area (Å²) in [7, 11) is -1.44. The number of thiol groups is 1. The largest absolute Gasteiger partial charge is 0.422 e. The molecule has 0 aromatic rings. The van der Waals surface area contributed by atoms with E-state index in [2.05, 4.69) is 12.6 Å². The third-order valence-electron chi connectivity index (χ3n) is 1.11. The Bertz CT molecular complexity index is 68.3. The highest BCUT2D eigenvalue weighted by Crippen LogP contribution is 2.07. The van der Waals surface area contributed by atoms with Crippen LogP contribution < -0.4 is 0 Å². The van der Waals surface area contributed by atoms with Crippen LogP contribution in [0.1, 0.15) is 6.42 Å². The fraction of sp³-hybridized carbons (Fsp3) is 1.00. The second-order valence-corrected chi connectivity index (χ2v) is 6.53. The average Bonchev–Trinajstić information content (AvgIpc) is 1.63. The smallest absolute Gasteiger partial charge is 0.303 e. The molecule has 1 saturated heterocycles. The topological polar surface area (TPSA) is 18.5 Å². The zero-order valence-corrected chi connectivity index (χ0v) is 8.13. The summed E-state index contributed by atoms with van der Waals surface area (Å²) in [6.07, 6.45) is 1.16. The highest BCUT2D eigenvalue weighted by atomic mass is 32.1. The van der Waals surface area contributed by atoms with Crippen LogP contribution in [-0.2, 0) is 8.23 Å². The molecule has 0 spiro atoms. The van der Waals surface area contributed by atoms with Gasteiger partial charge in [-0.3, -0.25) is 0 Å². The normalized spacial score (nSPS) is 30.4. The first-order valence-corrected chi connectivity index (χ1v) is 6.32. The molecular weight excluding hydrogens is 156 g/mol. The lowest BCUT2D eigenvalue weighted by molar-refractivity contribution is 0.310. The Morgan fingerprint density at radius 1 is 1.50 bits per heavy atom. The number of hydrogen-bond acceptors (Lipinski definition) is 3. The molecule has 5 heteroatoms. The lowest BCUT2D eigenvalue weighted by atomic mass is 10.6. The molecule has 0 unspecified atom stereocenters. The van der Waals surface area contributed by atoms with Crippen LogP contribution in [0.5, 0.6) is 0 Å². The molecule has 1 rings (SSSR count). The number of hydrogen-bond donors (Lipinski definition) is 1. The zero-order chi connectivity index (χ0) is 5.82. The molecule has 0 saturated carbocycles. The molecule has 0 bridgehead atoms. The van der Waals surface area contributed by atoms with Gasteiger partial charge in [0.15, 0.2) is 0 Å². The Labute approximate surface area is 58.9 Å². The molecule has 0 atom stereocenters. The lowest BCUT2D eigenvalue weighted by Crippen LogP contribution is -2.38. The van der Waals surface area contributed by atoms with Crippen molar-refractivity contribution < 1.29 is 8.23 Å². The SMILES string of the molecule is SCCC[SiH]1O[SiH2]O1. The van der Waals surface area contributed by atoms with Crippen molar-refractivity contribution >= 4 is 31.9 Å². The molecule has 1 heterocycles. The van der Waals surface area contributed by atoms with Crippen LogP contribution in [0.2, 0.25) is 6.04 Å². The molecule has 0 aliphatic carbocycles. The van der Waals surface area contributed by atoms with Crippen LogP contribution in [0.3, 0.4) is 0 Å². The fourth-order valence-electron chi connectivity index (χ4n) is 0.589. The Kier molecular flexibility index (Phi) is 3.13. The monoisotopic (exact) mass is 166 g/mol. The molecular formula is C3H10O2SSi2. The zero-order valence-electron chi connectivity index (χ0n) is 4.67. The van der Waals surface area contributed by atoms with E-state index in [1.165, 1.54) is 0 Å². The highest BCUT2D eigenvalue weighted by Gasteiger charge is 2.20. The van der Waals surface area contributed by atoms with Crippen LogP contribution in [0, 0.1) is 0 Å². The summed E-state index contributed by atoms with van der Waals surface area (Å²) >= 11 is 4.08. The molecule has 48 valence electrons. The fourth-order valence-corrected chi connectivity index (χ4v) is 4.30. The van der Waals surface area contributed by atoms with Gasteiger partial charge in [-0.2, -0.15) is 12.6 Å². The minimum Gasteiger partial charge on any atom is -0.422 e. The van der Waals surface area contributed by atoms with E-state index in [4.69, 9.17) is 8.23 Å². The minimum atomic E-state index is -1.01. The highest BCUT2D eigenvalue weighted by molar-refractivity contribution is 7.80. The van der Waals surface area contributed by atoms with Crippen LogP contribution >= 0.6 is 12.6 Å². The van der Waals surface area contributed by atoms with E-state index in [1.807, 2.05) is 0 Å². The summed E-state index contributed by atoms with van der Waals surface area (Å²) in [5.74, 6) is 0.970. The molecule has 0 amide bonds. The Hall–Kier alpha value is 0.704. The van der Waals surface area contributed by atoms with Crippen molar-refractivity contribution in [1.82, 2.24) is 0 Å². The van der Waals surface area contributed by atoms with Gasteiger partial charge in [0.1, 0.15) is 0 Å². The van der Waals surface area contributed by atoms with Crippen molar-refractivity contribution in [3.05, 3.63) is 0 Å². The first-order valence-electron chi connectivity index (χ1n) is 2.77. The molecule has 8 heavy (non-hydrogen) atoms. The van der Waals surface area contributed by atoms with E-state index in [0.29, 0.717) is 0 Å². The van der Waals surface area contributed by atoms with E-state index < -0.39 is 19.3 Å². The van der Waals surface area contributed by atoms with Crippen molar-refractivity contribution in [1.29, 1.82) is 0 Å². The van der Waals surface area contributed by atoms with E-state index in [0.717, 1.165) is 18.2 Å². The van der Waals surface area contributed by atoms with Crippen LogP contribution in [0.25, 0.3) is 0 Å². The molecule has 1 fully saturated rings. The third kappa shape index (κ3) is 1.90. The molecule has 2 nitrogen and oxygen atoms in total. The number of rotatable bonds is 3. The van der Waals surface area contributed by atoms with Gasteiger partial charge in [0.05, 0.1) is 0 Å². The maximum Gasteiger partial charge on any atom is 0.303 e. The van der Waals surface area contributed by atoms with E-state index in [1.54, 1.807) is 0 Å². The molecule has 0 aromatic heterocycles. The van der Waals surface area contributed by atoms with Gasteiger partial charge >= 0.3 is 9.28 Å². The van der Waals surface area contributed by atoms with Crippen molar-refractivity contribution in [2.45, 2.75) is 12.5 Å². The van der Waals surface area contributed by atoms with Gasteiger partial charge in [0, 0.05) is 0 Å². The Morgan fingerprint density at radius 3 is 2.62 bits per heavy atom. The van der Waals surface area contributed by atoms with Crippen molar-refractivity contribution in [2.24, 2.45) is 0 Å². The quantitative estimate of drug-likeness (QED) is 0.453. The predicted molar refractivity (Wildman–Crippen MR) is 41.1 cm³/mol. The lowest BCUT2D eigenvalue weighted by Gasteiger charge is -2.25. The predicted octanol–water partition coefficient (Wildman–Crippen LogP) is -0.428. The van der Waals surface area contributed by atoms with Gasteiger partial charge in [0.2, 0.25) is 0 Å². The summed E-state index contributed by atoms with van der Waals surface area (Å²) in [6.45, 7) is 0. The van der Waals surface area contributed by atoms with E-state index in [9.17, 15) is 0 Å². The van der Waals surface area contributed by atoms with Gasteiger partial charge in [-0.05, 0) is 18.2 Å². The first-order chi connectivity index (χ1) is 3.93. The van der Waals surface area contributed by atoms with Crippen LogP contribution in [0.15, 0.2) is 0 Å². The minimum absolute atomic E-state index is 0.434. The van der Waals surface area contributed by atoms with Crippen molar-refractivity contribution in [3.8, 4) is 0 Å². The summed E-state index contributed by atoms with van der Waals surface area (Å²) in [5, 5.41) is 0. The van der Waals surface area contributed by atoms with Crippen molar-refractivity contribution in [3.63, 3.8) is 0 Å². The summed E-state index contributed by atoms with van der Waals surface area (Å²) in [6, 6.07) is 1.16. The van der Waals surface area contributed by atoms with Crippen LogP contribution in [0.4, 0.5) is 0 Å². The standard InChI is InChI=1S/C3H10O2SSi2/c6-2-1-3-8-4-7-5-8/h6,8H,1-3,7H2. The molecule has 1 aliphatic heterocycles. The summed E-state index contributed by atoms with van der Waals surface area (Å²) in [4.78, 5) is 0. The summed E-state index contributed by atoms with van der Waals surface area (Å²) < 4.78 is 10.5. The van der Waals surface area contributed by atoms with Gasteiger partial charge in [-0.1, -0.05) is 0 Å². The second kappa shape index (κ2) is 3.68. The summed E-state index contributed by atoms with van der Waals surface area (Å²) in [5.41, 5.74) is 0. The Balaban J connectivity index is 1.86. The molecule has 0 radical (unpaired) electrons. The van der Waals surface area contributed by atoms with Gasteiger partial charge < -0.3 is 8.23 Å². The third-order valence-corrected chi connectivity index (χ3v) is 6.36. The van der Waals surface area contributed by atoms with Crippen LogP contribution in [-0.4, -0.2) is 25.0 Å². The van der Waals surface area contributed by atoms with E-state index >= 15 is 0 Å². The second-order valence-electron chi connectivity index (χ2n) is 1.75. The maximum atomic E-state index is 5.25. The first kappa shape index (κ1) is 6.82. The molecule has 0 N–H and O–H groups in total. The van der Waals surface area contributed by atoms with Crippen molar-refractivity contribution in [2.75, 3.05) is 5.75 Å². The molecule has 1 aliphatic rings. The average molecular weight is 166 g/mol. The van der Waals surface area contributed by atoms with Gasteiger partial charge in [-0.15, -0.1) is 0 Å². The molecule has 0 aromatic carbocycles. The Morgan fingerprint density at radius 2 is 2.25 bits per heavy atom. The van der Waals surface area contributed by atoms with Gasteiger partial charge in [0.25, 0.3) is 10.0 Å².